The molecular formula is C16H12Cl4N2O4. The van der Waals surface area contributed by atoms with Gasteiger partial charge in [0, 0.05) is 5.02 Å². The van der Waals surface area contributed by atoms with Gasteiger partial charge in [0.2, 0.25) is 0 Å². The predicted molar refractivity (Wildman–Crippen MR) is 103 cm³/mol. The van der Waals surface area contributed by atoms with Gasteiger partial charge in [-0.25, -0.2) is 4.79 Å². The molecule has 0 saturated heterocycles. The van der Waals surface area contributed by atoms with Gasteiger partial charge in [-0.15, -0.1) is 0 Å². The first-order valence-electron chi connectivity index (χ1n) is 6.95. The molecule has 0 spiro atoms. The fraction of sp³-hybridized carbons (Fsp3) is 0.125. The van der Waals surface area contributed by atoms with Gasteiger partial charge in [0.05, 0.1) is 35.0 Å². The zero-order valence-corrected chi connectivity index (χ0v) is 16.5. The Balaban J connectivity index is 2.26. The van der Waals surface area contributed by atoms with Gasteiger partial charge in [0.15, 0.2) is 5.75 Å². The summed E-state index contributed by atoms with van der Waals surface area (Å²) in [7, 11) is 2.71. The molecule has 2 aromatic carbocycles. The van der Waals surface area contributed by atoms with Crippen LogP contribution in [0, 0.1) is 0 Å². The molecule has 0 aliphatic rings. The fourth-order valence-corrected chi connectivity index (χ4v) is 3.24. The normalized spacial score (nSPS) is 10.2. The van der Waals surface area contributed by atoms with Gasteiger partial charge >= 0.3 is 6.03 Å². The summed E-state index contributed by atoms with van der Waals surface area (Å²) < 4.78 is 10.3. The summed E-state index contributed by atoms with van der Waals surface area (Å²) in [4.78, 5) is 24.7. The van der Waals surface area contributed by atoms with Crippen molar-refractivity contribution < 1.29 is 19.1 Å². The lowest BCUT2D eigenvalue weighted by atomic mass is 10.1. The van der Waals surface area contributed by atoms with Gasteiger partial charge in [-0.3, -0.25) is 10.1 Å². The summed E-state index contributed by atoms with van der Waals surface area (Å²) in [5.74, 6) is -0.544. The minimum atomic E-state index is -0.870. The molecular weight excluding hydrogens is 426 g/mol. The summed E-state index contributed by atoms with van der Waals surface area (Å²) in [5, 5.41) is 5.23. The Morgan fingerprint density at radius 1 is 0.923 bits per heavy atom. The van der Waals surface area contributed by atoms with Crippen molar-refractivity contribution in [2.45, 2.75) is 0 Å². The highest BCUT2D eigenvalue weighted by molar-refractivity contribution is 6.42. The number of methoxy groups -OCH3 is 2. The number of hydrogen-bond acceptors (Lipinski definition) is 4. The van der Waals surface area contributed by atoms with Crippen LogP contribution in [0.15, 0.2) is 24.3 Å². The first kappa shape index (κ1) is 20.5. The number of rotatable bonds is 4. The number of hydrogen-bond donors (Lipinski definition) is 2. The van der Waals surface area contributed by atoms with Crippen molar-refractivity contribution in [3.8, 4) is 11.5 Å². The molecule has 2 N–H and O–H groups in total. The van der Waals surface area contributed by atoms with Gasteiger partial charge in [0.25, 0.3) is 5.91 Å². The second-order valence-corrected chi connectivity index (χ2v) is 6.47. The van der Waals surface area contributed by atoms with E-state index >= 15 is 0 Å². The first-order valence-corrected chi connectivity index (χ1v) is 8.47. The predicted octanol–water partition coefficient (Wildman–Crippen LogP) is 5.28. The molecule has 0 unspecified atom stereocenters. The van der Waals surface area contributed by atoms with Crippen LogP contribution in [-0.2, 0) is 0 Å². The number of carbonyl (C=O) groups excluding carboxylic acids is 2. The highest BCUT2D eigenvalue weighted by atomic mass is 35.5. The van der Waals surface area contributed by atoms with Gasteiger partial charge in [0.1, 0.15) is 11.3 Å². The van der Waals surface area contributed by atoms with Crippen molar-refractivity contribution in [3.05, 3.63) is 49.9 Å². The fourth-order valence-electron chi connectivity index (χ4n) is 2.10. The summed E-state index contributed by atoms with van der Waals surface area (Å²) >= 11 is 23.8. The van der Waals surface area contributed by atoms with E-state index in [4.69, 9.17) is 55.9 Å². The van der Waals surface area contributed by atoms with Crippen LogP contribution >= 0.6 is 46.4 Å². The van der Waals surface area contributed by atoms with E-state index in [1.54, 1.807) is 0 Å². The van der Waals surface area contributed by atoms with E-state index in [1.165, 1.54) is 38.5 Å². The van der Waals surface area contributed by atoms with Crippen LogP contribution in [0.1, 0.15) is 10.4 Å². The smallest absolute Gasteiger partial charge is 0.326 e. The third kappa shape index (κ3) is 4.45. The molecule has 2 rings (SSSR count). The number of imide groups is 1. The maximum Gasteiger partial charge on any atom is 0.326 e. The average Bonchev–Trinajstić information content (AvgIpc) is 2.57. The molecule has 0 heterocycles. The zero-order valence-electron chi connectivity index (χ0n) is 13.5. The Bertz CT molecular complexity index is 851. The lowest BCUT2D eigenvalue weighted by Gasteiger charge is -2.15. The minimum absolute atomic E-state index is 0.0362. The highest BCUT2D eigenvalue weighted by Crippen LogP contribution is 2.36. The molecule has 0 saturated carbocycles. The summed E-state index contributed by atoms with van der Waals surface area (Å²) in [5.41, 5.74) is 0.0685. The van der Waals surface area contributed by atoms with Crippen LogP contribution in [0.25, 0.3) is 0 Å². The topological polar surface area (TPSA) is 76.7 Å². The van der Waals surface area contributed by atoms with Crippen molar-refractivity contribution >= 4 is 64.0 Å². The van der Waals surface area contributed by atoms with Crippen molar-refractivity contribution in [1.29, 1.82) is 0 Å². The molecule has 0 aliphatic carbocycles. The second kappa shape index (κ2) is 8.68. The Kier molecular flexibility index (Phi) is 6.83. The third-order valence-electron chi connectivity index (χ3n) is 3.19. The van der Waals surface area contributed by atoms with Crippen LogP contribution in [0.4, 0.5) is 10.5 Å². The number of halogens is 4. The number of benzene rings is 2. The lowest BCUT2D eigenvalue weighted by molar-refractivity contribution is 0.0961. The first-order chi connectivity index (χ1) is 12.3. The van der Waals surface area contributed by atoms with E-state index in [-0.39, 0.29) is 37.8 Å². The summed E-state index contributed by atoms with van der Waals surface area (Å²) in [6, 6.07) is 4.91. The van der Waals surface area contributed by atoms with Crippen LogP contribution in [0.2, 0.25) is 20.1 Å². The second-order valence-electron chi connectivity index (χ2n) is 4.81. The van der Waals surface area contributed by atoms with Crippen molar-refractivity contribution in [2.75, 3.05) is 19.5 Å². The SMILES string of the molecule is COc1ccc(Cl)c(OC)c1C(=O)NC(=O)Nc1c(Cl)cc(Cl)cc1Cl. The van der Waals surface area contributed by atoms with Gasteiger partial charge < -0.3 is 14.8 Å². The summed E-state index contributed by atoms with van der Waals surface area (Å²) in [6.07, 6.45) is 0. The number of urea groups is 1. The van der Waals surface area contributed by atoms with E-state index in [1.807, 2.05) is 0 Å². The Labute approximate surface area is 169 Å². The highest BCUT2D eigenvalue weighted by Gasteiger charge is 2.23. The molecule has 0 radical (unpaired) electrons. The van der Waals surface area contributed by atoms with Gasteiger partial charge in [-0.1, -0.05) is 46.4 Å². The van der Waals surface area contributed by atoms with E-state index in [2.05, 4.69) is 10.6 Å². The van der Waals surface area contributed by atoms with Crippen LogP contribution in [0.5, 0.6) is 11.5 Å². The molecule has 0 aromatic heterocycles. The van der Waals surface area contributed by atoms with Gasteiger partial charge in [-0.2, -0.15) is 0 Å². The molecule has 10 heteroatoms. The molecule has 3 amide bonds. The van der Waals surface area contributed by atoms with Crippen molar-refractivity contribution in [3.63, 3.8) is 0 Å². The van der Waals surface area contributed by atoms with E-state index in [0.29, 0.717) is 5.02 Å². The van der Waals surface area contributed by atoms with Crippen molar-refractivity contribution in [2.24, 2.45) is 0 Å². The van der Waals surface area contributed by atoms with E-state index in [0.717, 1.165) is 0 Å². The molecule has 0 aliphatic heterocycles. The molecule has 0 fully saturated rings. The van der Waals surface area contributed by atoms with Crippen LogP contribution < -0.4 is 20.1 Å². The standard InChI is InChI=1S/C16H12Cl4N2O4/c1-25-11-4-3-8(18)14(26-2)12(11)15(23)22-16(24)21-13-9(19)5-7(17)6-10(13)20/h3-6H,1-2H3,(H2,21,22,23,24). The Morgan fingerprint density at radius 2 is 1.54 bits per heavy atom. The van der Waals surface area contributed by atoms with Crippen LogP contribution in [-0.4, -0.2) is 26.2 Å². The maximum absolute atomic E-state index is 12.5. The monoisotopic (exact) mass is 436 g/mol. The lowest BCUT2D eigenvalue weighted by Crippen LogP contribution is -2.35. The summed E-state index contributed by atoms with van der Waals surface area (Å²) in [6.45, 7) is 0. The molecule has 138 valence electrons. The minimum Gasteiger partial charge on any atom is -0.496 e. The zero-order chi connectivity index (χ0) is 19.4. The van der Waals surface area contributed by atoms with Crippen molar-refractivity contribution in [1.82, 2.24) is 5.32 Å². The van der Waals surface area contributed by atoms with Gasteiger partial charge in [-0.05, 0) is 24.3 Å². The van der Waals surface area contributed by atoms with Crippen LogP contribution in [0.3, 0.4) is 0 Å². The quantitative estimate of drug-likeness (QED) is 0.682. The molecule has 0 bridgehead atoms. The maximum atomic E-state index is 12.5. The molecule has 26 heavy (non-hydrogen) atoms. The molecule has 2 aromatic rings. The average molecular weight is 438 g/mol. The molecule has 0 atom stereocenters. The van der Waals surface area contributed by atoms with E-state index < -0.39 is 11.9 Å². The van der Waals surface area contributed by atoms with E-state index in [9.17, 15) is 9.59 Å². The number of anilines is 1. The number of nitrogens with one attached hydrogen (secondary N) is 2. The number of amides is 3. The Hall–Kier alpha value is -1.86. The Morgan fingerprint density at radius 3 is 2.08 bits per heavy atom. The third-order valence-corrected chi connectivity index (χ3v) is 4.31. The number of ether oxygens (including phenoxy) is 2. The molecule has 6 nitrogen and oxygen atoms in total. The largest absolute Gasteiger partial charge is 0.496 e. The number of carbonyl (C=O) groups is 2.